The Hall–Kier alpha value is -1.84. The van der Waals surface area contributed by atoms with Crippen LogP contribution in [-0.2, 0) is 20.7 Å². The van der Waals surface area contributed by atoms with Crippen LogP contribution in [0.3, 0.4) is 0 Å². The molecule has 0 saturated carbocycles. The number of furan rings is 1. The largest absolute Gasteiger partial charge is 0.469 e. The second kappa shape index (κ2) is 5.80. The van der Waals surface area contributed by atoms with Crippen molar-refractivity contribution in [2.75, 3.05) is 7.11 Å². The molecule has 1 rings (SSSR count). The summed E-state index contributed by atoms with van der Waals surface area (Å²) >= 11 is 0. The van der Waals surface area contributed by atoms with Crippen molar-refractivity contribution in [2.24, 2.45) is 0 Å². The maximum absolute atomic E-state index is 11.2. The van der Waals surface area contributed by atoms with E-state index in [-0.39, 0.29) is 5.78 Å². The van der Waals surface area contributed by atoms with E-state index in [9.17, 15) is 9.59 Å². The van der Waals surface area contributed by atoms with Crippen molar-refractivity contribution in [3.63, 3.8) is 0 Å². The molecule has 1 heterocycles. The molecule has 0 fully saturated rings. The fourth-order valence-corrected chi connectivity index (χ4v) is 1.01. The van der Waals surface area contributed by atoms with Crippen molar-refractivity contribution in [1.29, 1.82) is 0 Å². The first kappa shape index (κ1) is 11.2. The molecule has 0 aromatic carbocycles. The molecular weight excluding hydrogens is 196 g/mol. The number of hydrogen-bond donors (Lipinski definition) is 0. The number of ether oxygens (including phenoxy) is 1. The van der Waals surface area contributed by atoms with E-state index in [0.717, 1.165) is 11.8 Å². The molecule has 1 aromatic rings. The molecule has 0 aliphatic carbocycles. The number of ketones is 1. The van der Waals surface area contributed by atoms with Gasteiger partial charge in [0.05, 0.1) is 13.4 Å². The number of hydrogen-bond acceptors (Lipinski definition) is 4. The molecule has 0 saturated heterocycles. The smallest absolute Gasteiger partial charge is 0.330 e. The number of allylic oxidation sites excluding steroid dienone is 1. The first-order valence-corrected chi connectivity index (χ1v) is 4.53. The molecule has 0 bridgehead atoms. The number of aryl methyl sites for hydroxylation is 1. The third kappa shape index (κ3) is 4.26. The third-order valence-corrected chi connectivity index (χ3v) is 1.80. The summed E-state index contributed by atoms with van der Waals surface area (Å²) in [6.07, 6.45) is 4.75. The number of methoxy groups -OCH3 is 1. The minimum Gasteiger partial charge on any atom is -0.469 e. The molecule has 0 aliphatic heterocycles. The molecule has 15 heavy (non-hydrogen) atoms. The molecule has 4 nitrogen and oxygen atoms in total. The monoisotopic (exact) mass is 208 g/mol. The van der Waals surface area contributed by atoms with E-state index in [4.69, 9.17) is 4.42 Å². The Morgan fingerprint density at radius 1 is 1.47 bits per heavy atom. The van der Waals surface area contributed by atoms with Crippen molar-refractivity contribution in [1.82, 2.24) is 0 Å². The van der Waals surface area contributed by atoms with Crippen LogP contribution < -0.4 is 0 Å². The van der Waals surface area contributed by atoms with E-state index in [2.05, 4.69) is 4.74 Å². The summed E-state index contributed by atoms with van der Waals surface area (Å²) in [6.45, 7) is 0. The average Bonchev–Trinajstić information content (AvgIpc) is 2.75. The topological polar surface area (TPSA) is 56.5 Å². The number of esters is 1. The van der Waals surface area contributed by atoms with E-state index >= 15 is 0 Å². The van der Waals surface area contributed by atoms with Crippen molar-refractivity contribution in [3.8, 4) is 0 Å². The lowest BCUT2D eigenvalue weighted by Gasteiger charge is -1.93. The predicted molar refractivity (Wildman–Crippen MR) is 53.2 cm³/mol. The summed E-state index contributed by atoms with van der Waals surface area (Å²) in [5, 5.41) is 0. The highest BCUT2D eigenvalue weighted by molar-refractivity contribution is 5.95. The SMILES string of the molecule is COC(=O)/C=C/C(=O)CCc1ccco1. The Labute approximate surface area is 87.5 Å². The molecule has 0 radical (unpaired) electrons. The van der Waals surface area contributed by atoms with Crippen LogP contribution in [0.1, 0.15) is 12.2 Å². The Morgan fingerprint density at radius 3 is 2.87 bits per heavy atom. The molecule has 0 atom stereocenters. The molecule has 1 aromatic heterocycles. The van der Waals surface area contributed by atoms with Crippen LogP contribution in [-0.4, -0.2) is 18.9 Å². The highest BCUT2D eigenvalue weighted by atomic mass is 16.5. The summed E-state index contributed by atoms with van der Waals surface area (Å²) in [5.41, 5.74) is 0. The van der Waals surface area contributed by atoms with Crippen LogP contribution in [0.2, 0.25) is 0 Å². The zero-order valence-corrected chi connectivity index (χ0v) is 8.43. The summed E-state index contributed by atoms with van der Waals surface area (Å²) < 4.78 is 9.42. The van der Waals surface area contributed by atoms with E-state index in [1.54, 1.807) is 18.4 Å². The van der Waals surface area contributed by atoms with Gasteiger partial charge >= 0.3 is 5.97 Å². The van der Waals surface area contributed by atoms with Crippen LogP contribution in [0.4, 0.5) is 0 Å². The van der Waals surface area contributed by atoms with Gasteiger partial charge in [-0.25, -0.2) is 4.79 Å². The van der Waals surface area contributed by atoms with Crippen molar-refractivity contribution in [2.45, 2.75) is 12.8 Å². The van der Waals surface area contributed by atoms with Gasteiger partial charge in [-0.2, -0.15) is 0 Å². The predicted octanol–water partition coefficient (Wildman–Crippen LogP) is 1.51. The van der Waals surface area contributed by atoms with Crippen LogP contribution >= 0.6 is 0 Å². The maximum atomic E-state index is 11.2. The summed E-state index contributed by atoms with van der Waals surface area (Å²) in [6, 6.07) is 3.57. The average molecular weight is 208 g/mol. The Kier molecular flexibility index (Phi) is 4.34. The van der Waals surface area contributed by atoms with Gasteiger partial charge < -0.3 is 9.15 Å². The summed E-state index contributed by atoms with van der Waals surface area (Å²) in [4.78, 5) is 21.9. The number of carbonyl (C=O) groups is 2. The molecule has 0 N–H and O–H groups in total. The minimum atomic E-state index is -0.527. The number of rotatable bonds is 5. The van der Waals surface area contributed by atoms with Gasteiger partial charge in [0.1, 0.15) is 5.76 Å². The third-order valence-electron chi connectivity index (χ3n) is 1.80. The standard InChI is InChI=1S/C11H12O4/c1-14-11(13)7-5-9(12)4-6-10-3-2-8-15-10/h2-3,5,7-8H,4,6H2,1H3/b7-5+. The van der Waals surface area contributed by atoms with Gasteiger partial charge in [-0.05, 0) is 18.2 Å². The van der Waals surface area contributed by atoms with Crippen molar-refractivity contribution >= 4 is 11.8 Å². The molecule has 0 spiro atoms. The van der Waals surface area contributed by atoms with Gasteiger partial charge in [0.15, 0.2) is 5.78 Å². The first-order chi connectivity index (χ1) is 7.22. The van der Waals surface area contributed by atoms with Crippen molar-refractivity contribution < 1.29 is 18.7 Å². The Morgan fingerprint density at radius 2 is 2.27 bits per heavy atom. The fourth-order valence-electron chi connectivity index (χ4n) is 1.01. The quantitative estimate of drug-likeness (QED) is 0.543. The van der Waals surface area contributed by atoms with E-state index < -0.39 is 5.97 Å². The van der Waals surface area contributed by atoms with E-state index in [0.29, 0.717) is 12.8 Å². The summed E-state index contributed by atoms with van der Waals surface area (Å²) in [5.74, 6) is 0.105. The lowest BCUT2D eigenvalue weighted by Crippen LogP contribution is -1.99. The molecular formula is C11H12O4. The van der Waals surface area contributed by atoms with Gasteiger partial charge in [0.2, 0.25) is 0 Å². The lowest BCUT2D eigenvalue weighted by molar-refractivity contribution is -0.135. The maximum Gasteiger partial charge on any atom is 0.330 e. The normalized spacial score (nSPS) is 10.5. The van der Waals surface area contributed by atoms with E-state index in [1.165, 1.54) is 13.2 Å². The second-order valence-electron chi connectivity index (χ2n) is 2.90. The lowest BCUT2D eigenvalue weighted by atomic mass is 10.2. The van der Waals surface area contributed by atoms with Gasteiger partial charge in [-0.1, -0.05) is 0 Å². The minimum absolute atomic E-state index is 0.128. The van der Waals surface area contributed by atoms with Gasteiger partial charge in [0, 0.05) is 18.9 Å². The Balaban J connectivity index is 2.31. The van der Waals surface area contributed by atoms with Crippen LogP contribution in [0.5, 0.6) is 0 Å². The molecule has 80 valence electrons. The van der Waals surface area contributed by atoms with Gasteiger partial charge in [-0.3, -0.25) is 4.79 Å². The van der Waals surface area contributed by atoms with E-state index in [1.807, 2.05) is 0 Å². The zero-order chi connectivity index (χ0) is 11.1. The van der Waals surface area contributed by atoms with Crippen LogP contribution in [0.15, 0.2) is 35.0 Å². The Bertz CT molecular complexity index is 349. The number of carbonyl (C=O) groups excluding carboxylic acids is 2. The highest BCUT2D eigenvalue weighted by Gasteiger charge is 2.01. The summed E-state index contributed by atoms with van der Waals surface area (Å²) in [7, 11) is 1.26. The zero-order valence-electron chi connectivity index (χ0n) is 8.43. The fraction of sp³-hybridized carbons (Fsp3) is 0.273. The van der Waals surface area contributed by atoms with Gasteiger partial charge in [-0.15, -0.1) is 0 Å². The molecule has 0 aliphatic rings. The molecule has 0 amide bonds. The van der Waals surface area contributed by atoms with Crippen molar-refractivity contribution in [3.05, 3.63) is 36.3 Å². The first-order valence-electron chi connectivity index (χ1n) is 4.53. The van der Waals surface area contributed by atoms with Crippen LogP contribution in [0, 0.1) is 0 Å². The second-order valence-corrected chi connectivity index (χ2v) is 2.90. The molecule has 4 heteroatoms. The van der Waals surface area contributed by atoms with Gasteiger partial charge in [0.25, 0.3) is 0 Å². The molecule has 0 unspecified atom stereocenters. The highest BCUT2D eigenvalue weighted by Crippen LogP contribution is 2.04. The van der Waals surface area contributed by atoms with Crippen LogP contribution in [0.25, 0.3) is 0 Å².